The molecule has 0 spiro atoms. The minimum Gasteiger partial charge on any atom is -0.465 e. The number of ether oxygens (including phenoxy) is 1. The van der Waals surface area contributed by atoms with Crippen LogP contribution in [0.4, 0.5) is 5.69 Å². The summed E-state index contributed by atoms with van der Waals surface area (Å²) in [7, 11) is 1.34. The van der Waals surface area contributed by atoms with Crippen molar-refractivity contribution in [2.24, 2.45) is 0 Å². The number of tetrazole rings is 1. The van der Waals surface area contributed by atoms with Crippen molar-refractivity contribution in [2.75, 3.05) is 12.8 Å². The van der Waals surface area contributed by atoms with Gasteiger partial charge in [0.15, 0.2) is 5.82 Å². The van der Waals surface area contributed by atoms with Gasteiger partial charge < -0.3 is 10.5 Å². The second kappa shape index (κ2) is 5.65. The van der Waals surface area contributed by atoms with E-state index in [9.17, 15) is 4.79 Å². The normalized spacial score (nSPS) is 10.4. The van der Waals surface area contributed by atoms with E-state index in [1.165, 1.54) is 7.11 Å². The van der Waals surface area contributed by atoms with Crippen molar-refractivity contribution in [1.82, 2.24) is 20.2 Å². The Morgan fingerprint density at radius 1 is 1.18 bits per heavy atom. The number of nitrogen functional groups attached to an aromatic ring is 1. The van der Waals surface area contributed by atoms with Gasteiger partial charge in [-0.1, -0.05) is 18.2 Å². The maximum atomic E-state index is 11.6. The maximum Gasteiger partial charge on any atom is 0.337 e. The van der Waals surface area contributed by atoms with Crippen molar-refractivity contribution in [1.29, 1.82) is 0 Å². The number of rotatable bonds is 3. The molecule has 0 saturated carbocycles. The number of aromatic nitrogens is 4. The van der Waals surface area contributed by atoms with Crippen LogP contribution in [-0.4, -0.2) is 33.3 Å². The second-order valence-electron chi connectivity index (χ2n) is 4.58. The van der Waals surface area contributed by atoms with Crippen molar-refractivity contribution in [3.05, 3.63) is 54.1 Å². The molecule has 0 fully saturated rings. The highest BCUT2D eigenvalue weighted by atomic mass is 16.5. The van der Waals surface area contributed by atoms with Crippen molar-refractivity contribution in [3.63, 3.8) is 0 Å². The minimum absolute atomic E-state index is 0.416. The lowest BCUT2D eigenvalue weighted by atomic mass is 10.1. The average molecular weight is 295 g/mol. The molecule has 0 unspecified atom stereocenters. The Morgan fingerprint density at radius 2 is 2.00 bits per heavy atom. The predicted molar refractivity (Wildman–Crippen MR) is 80.3 cm³/mol. The number of benzene rings is 2. The third-order valence-electron chi connectivity index (χ3n) is 3.13. The zero-order valence-corrected chi connectivity index (χ0v) is 11.8. The standard InChI is InChI=1S/C15H13N5O2/c1-22-15(21)11-5-3-7-13(9-11)20-14(17-18-19-20)10-4-2-6-12(16)8-10/h2-9H,16H2,1H3. The van der Waals surface area contributed by atoms with Gasteiger partial charge in [-0.3, -0.25) is 0 Å². The summed E-state index contributed by atoms with van der Waals surface area (Å²) in [6.07, 6.45) is 0. The van der Waals surface area contributed by atoms with Gasteiger partial charge in [-0.2, -0.15) is 4.68 Å². The molecular formula is C15H13N5O2. The first-order chi connectivity index (χ1) is 10.7. The molecule has 0 aliphatic heterocycles. The lowest BCUT2D eigenvalue weighted by molar-refractivity contribution is 0.0600. The Bertz CT molecular complexity index is 828. The summed E-state index contributed by atoms with van der Waals surface area (Å²) in [4.78, 5) is 11.6. The van der Waals surface area contributed by atoms with Gasteiger partial charge in [-0.25, -0.2) is 4.79 Å². The zero-order chi connectivity index (χ0) is 15.5. The number of hydrogen-bond donors (Lipinski definition) is 1. The van der Waals surface area contributed by atoms with Gasteiger partial charge in [-0.15, -0.1) is 5.10 Å². The van der Waals surface area contributed by atoms with Gasteiger partial charge in [0.2, 0.25) is 0 Å². The first-order valence-corrected chi connectivity index (χ1v) is 6.52. The summed E-state index contributed by atoms with van der Waals surface area (Å²) >= 11 is 0. The first kappa shape index (κ1) is 13.7. The summed E-state index contributed by atoms with van der Waals surface area (Å²) < 4.78 is 6.27. The summed E-state index contributed by atoms with van der Waals surface area (Å²) in [5, 5.41) is 11.7. The number of hydrogen-bond acceptors (Lipinski definition) is 6. The molecule has 1 aromatic heterocycles. The fourth-order valence-corrected chi connectivity index (χ4v) is 2.10. The van der Waals surface area contributed by atoms with E-state index in [1.807, 2.05) is 12.1 Å². The number of nitrogens with zero attached hydrogens (tertiary/aromatic N) is 4. The molecule has 0 aliphatic carbocycles. The highest BCUT2D eigenvalue weighted by molar-refractivity contribution is 5.90. The van der Waals surface area contributed by atoms with Gasteiger partial charge in [0.05, 0.1) is 18.4 Å². The van der Waals surface area contributed by atoms with Gasteiger partial charge in [0.25, 0.3) is 0 Å². The van der Waals surface area contributed by atoms with E-state index in [4.69, 9.17) is 10.5 Å². The lowest BCUT2D eigenvalue weighted by Crippen LogP contribution is -2.05. The molecule has 22 heavy (non-hydrogen) atoms. The molecule has 0 radical (unpaired) electrons. The topological polar surface area (TPSA) is 95.9 Å². The molecule has 0 aliphatic rings. The maximum absolute atomic E-state index is 11.6. The van der Waals surface area contributed by atoms with Crippen molar-refractivity contribution < 1.29 is 9.53 Å². The Kier molecular flexibility index (Phi) is 3.53. The van der Waals surface area contributed by atoms with Crippen LogP contribution in [0.15, 0.2) is 48.5 Å². The molecule has 1 heterocycles. The molecule has 3 rings (SSSR count). The highest BCUT2D eigenvalue weighted by Crippen LogP contribution is 2.21. The van der Waals surface area contributed by atoms with E-state index in [2.05, 4.69) is 15.5 Å². The number of anilines is 1. The van der Waals surface area contributed by atoms with E-state index < -0.39 is 5.97 Å². The van der Waals surface area contributed by atoms with Crippen LogP contribution in [-0.2, 0) is 4.74 Å². The first-order valence-electron chi connectivity index (χ1n) is 6.52. The molecular weight excluding hydrogens is 282 g/mol. The summed E-state index contributed by atoms with van der Waals surface area (Å²) in [6.45, 7) is 0. The molecule has 0 amide bonds. The molecule has 0 bridgehead atoms. The summed E-state index contributed by atoms with van der Waals surface area (Å²) in [5.41, 5.74) is 8.29. The number of methoxy groups -OCH3 is 1. The highest BCUT2D eigenvalue weighted by Gasteiger charge is 2.13. The van der Waals surface area contributed by atoms with E-state index in [0.29, 0.717) is 22.8 Å². The van der Waals surface area contributed by atoms with E-state index >= 15 is 0 Å². The van der Waals surface area contributed by atoms with Crippen molar-refractivity contribution in [2.45, 2.75) is 0 Å². The SMILES string of the molecule is COC(=O)c1cccc(-n2nnnc2-c2cccc(N)c2)c1. The zero-order valence-electron chi connectivity index (χ0n) is 11.8. The van der Waals surface area contributed by atoms with Crippen LogP contribution in [0.1, 0.15) is 10.4 Å². The van der Waals surface area contributed by atoms with Gasteiger partial charge in [0.1, 0.15) is 0 Å². The number of nitrogens with two attached hydrogens (primary N) is 1. The largest absolute Gasteiger partial charge is 0.465 e. The second-order valence-corrected chi connectivity index (χ2v) is 4.58. The Balaban J connectivity index is 2.07. The molecule has 2 N–H and O–H groups in total. The van der Waals surface area contributed by atoms with Crippen LogP contribution in [0, 0.1) is 0 Å². The van der Waals surface area contributed by atoms with Crippen LogP contribution >= 0.6 is 0 Å². The monoisotopic (exact) mass is 295 g/mol. The third kappa shape index (κ3) is 2.51. The number of esters is 1. The van der Waals surface area contributed by atoms with E-state index in [-0.39, 0.29) is 0 Å². The Labute approximate surface area is 126 Å². The van der Waals surface area contributed by atoms with E-state index in [1.54, 1.807) is 41.1 Å². The molecule has 0 atom stereocenters. The fourth-order valence-electron chi connectivity index (χ4n) is 2.10. The third-order valence-corrected chi connectivity index (χ3v) is 3.13. The fraction of sp³-hybridized carbons (Fsp3) is 0.0667. The Hall–Kier alpha value is -3.22. The summed E-state index contributed by atoms with van der Waals surface area (Å²) in [6, 6.07) is 14.1. The smallest absolute Gasteiger partial charge is 0.337 e. The lowest BCUT2D eigenvalue weighted by Gasteiger charge is -2.06. The van der Waals surface area contributed by atoms with Crippen LogP contribution in [0.3, 0.4) is 0 Å². The molecule has 7 nitrogen and oxygen atoms in total. The molecule has 0 saturated heterocycles. The molecule has 7 heteroatoms. The summed E-state index contributed by atoms with van der Waals surface area (Å²) in [5.74, 6) is 0.120. The van der Waals surface area contributed by atoms with Crippen LogP contribution < -0.4 is 5.73 Å². The van der Waals surface area contributed by atoms with Crippen LogP contribution in [0.2, 0.25) is 0 Å². The molecule has 2 aromatic carbocycles. The van der Waals surface area contributed by atoms with Gasteiger partial charge in [-0.05, 0) is 40.8 Å². The Morgan fingerprint density at radius 3 is 2.77 bits per heavy atom. The quantitative estimate of drug-likeness (QED) is 0.583. The van der Waals surface area contributed by atoms with Crippen molar-refractivity contribution in [3.8, 4) is 17.1 Å². The number of carbonyl (C=O) groups is 1. The van der Waals surface area contributed by atoms with Crippen LogP contribution in [0.25, 0.3) is 17.1 Å². The van der Waals surface area contributed by atoms with Gasteiger partial charge in [0, 0.05) is 11.3 Å². The minimum atomic E-state index is -0.416. The average Bonchev–Trinajstić information content (AvgIpc) is 3.04. The number of carbonyl (C=O) groups excluding carboxylic acids is 1. The molecule has 3 aromatic rings. The van der Waals surface area contributed by atoms with Crippen molar-refractivity contribution >= 4 is 11.7 Å². The predicted octanol–water partition coefficient (Wildman–Crippen LogP) is 1.70. The molecule has 110 valence electrons. The van der Waals surface area contributed by atoms with Gasteiger partial charge >= 0.3 is 5.97 Å². The van der Waals surface area contributed by atoms with E-state index in [0.717, 1.165) is 5.56 Å². The van der Waals surface area contributed by atoms with Crippen LogP contribution in [0.5, 0.6) is 0 Å².